The van der Waals surface area contributed by atoms with Crippen LogP contribution < -0.4 is 5.32 Å². The minimum atomic E-state index is -0.359. The number of aromatic nitrogens is 2. The average molecular weight is 282 g/mol. The molecule has 2 N–H and O–H groups in total. The molecule has 0 spiro atoms. The number of esters is 1. The van der Waals surface area contributed by atoms with E-state index in [0.717, 1.165) is 11.4 Å². The zero-order valence-corrected chi connectivity index (χ0v) is 12.6. The van der Waals surface area contributed by atoms with Gasteiger partial charge in [0.2, 0.25) is 5.91 Å². The highest BCUT2D eigenvalue weighted by atomic mass is 16.5. The molecular formula is C13H22N4O3. The van der Waals surface area contributed by atoms with Crippen molar-refractivity contribution in [1.82, 2.24) is 15.1 Å². The number of ether oxygens (including phenoxy) is 1. The van der Waals surface area contributed by atoms with Crippen LogP contribution in [-0.2, 0) is 14.3 Å². The van der Waals surface area contributed by atoms with Crippen LogP contribution in [0.25, 0.3) is 0 Å². The molecule has 0 unspecified atom stereocenters. The van der Waals surface area contributed by atoms with Crippen LogP contribution in [0.2, 0.25) is 0 Å². The molecule has 0 atom stereocenters. The number of H-pyrrole nitrogens is 1. The molecule has 7 heteroatoms. The quantitative estimate of drug-likeness (QED) is 0.755. The Morgan fingerprint density at radius 2 is 2.00 bits per heavy atom. The fourth-order valence-corrected chi connectivity index (χ4v) is 1.75. The molecule has 1 heterocycles. The summed E-state index contributed by atoms with van der Waals surface area (Å²) < 4.78 is 4.63. The third-order valence-corrected chi connectivity index (χ3v) is 3.03. The lowest BCUT2D eigenvalue weighted by Crippen LogP contribution is -2.41. The topological polar surface area (TPSA) is 87.3 Å². The predicted octanol–water partition coefficient (Wildman–Crippen LogP) is 0.848. The summed E-state index contributed by atoms with van der Waals surface area (Å²) in [6, 6.07) is 0.0615. The first-order chi connectivity index (χ1) is 9.35. The van der Waals surface area contributed by atoms with Crippen molar-refractivity contribution in [2.75, 3.05) is 25.5 Å². The Bertz CT molecular complexity index is 462. The molecular weight excluding hydrogens is 260 g/mol. The van der Waals surface area contributed by atoms with Crippen molar-refractivity contribution in [3.8, 4) is 0 Å². The maximum absolute atomic E-state index is 12.1. The van der Waals surface area contributed by atoms with E-state index in [1.165, 1.54) is 7.11 Å². The largest absolute Gasteiger partial charge is 0.468 e. The molecule has 1 aromatic heterocycles. The Morgan fingerprint density at radius 1 is 1.35 bits per heavy atom. The van der Waals surface area contributed by atoms with E-state index in [1.54, 1.807) is 4.90 Å². The number of anilines is 1. The number of nitrogens with zero attached hydrogens (tertiary/aromatic N) is 2. The molecule has 20 heavy (non-hydrogen) atoms. The number of carbonyl (C=O) groups excluding carboxylic acids is 2. The van der Waals surface area contributed by atoms with E-state index in [0.29, 0.717) is 5.69 Å². The van der Waals surface area contributed by atoms with Gasteiger partial charge in [-0.05, 0) is 27.7 Å². The number of hydrogen-bond acceptors (Lipinski definition) is 5. The first kappa shape index (κ1) is 16.2. The van der Waals surface area contributed by atoms with Crippen molar-refractivity contribution >= 4 is 17.6 Å². The number of carbonyl (C=O) groups is 2. The number of rotatable bonds is 6. The van der Waals surface area contributed by atoms with Gasteiger partial charge in [0.1, 0.15) is 0 Å². The molecule has 0 aliphatic rings. The standard InChI is InChI=1S/C13H22N4O3/c1-8(2)17(7-12(19)20-5)6-11(18)14-13-9(3)15-16-10(13)4/h8H,6-7H2,1-5H3,(H,14,18)(H,15,16). The number of hydrogen-bond donors (Lipinski definition) is 2. The molecule has 0 bridgehead atoms. The lowest BCUT2D eigenvalue weighted by molar-refractivity contribution is -0.142. The number of methoxy groups -OCH3 is 1. The van der Waals surface area contributed by atoms with Crippen molar-refractivity contribution in [2.24, 2.45) is 0 Å². The third-order valence-electron chi connectivity index (χ3n) is 3.03. The van der Waals surface area contributed by atoms with E-state index in [4.69, 9.17) is 0 Å². The number of aromatic amines is 1. The second-order valence-electron chi connectivity index (χ2n) is 4.93. The average Bonchev–Trinajstić information content (AvgIpc) is 2.69. The maximum Gasteiger partial charge on any atom is 0.319 e. The van der Waals surface area contributed by atoms with Crippen molar-refractivity contribution in [1.29, 1.82) is 0 Å². The van der Waals surface area contributed by atoms with Gasteiger partial charge in [-0.15, -0.1) is 0 Å². The molecule has 0 aliphatic carbocycles. The summed E-state index contributed by atoms with van der Waals surface area (Å²) in [7, 11) is 1.33. The van der Waals surface area contributed by atoms with E-state index >= 15 is 0 Å². The zero-order valence-electron chi connectivity index (χ0n) is 12.6. The molecule has 0 aliphatic heterocycles. The Kier molecular flexibility index (Phi) is 5.69. The Labute approximate surface area is 118 Å². The lowest BCUT2D eigenvalue weighted by atomic mass is 10.3. The van der Waals surface area contributed by atoms with Crippen LogP contribution in [0.3, 0.4) is 0 Å². The second-order valence-corrected chi connectivity index (χ2v) is 4.93. The van der Waals surface area contributed by atoms with E-state index < -0.39 is 0 Å². The fraction of sp³-hybridized carbons (Fsp3) is 0.615. The van der Waals surface area contributed by atoms with Gasteiger partial charge in [0.05, 0.1) is 37.3 Å². The second kappa shape index (κ2) is 7.04. The number of aryl methyl sites for hydroxylation is 2. The fourth-order valence-electron chi connectivity index (χ4n) is 1.75. The molecule has 0 saturated carbocycles. The first-order valence-corrected chi connectivity index (χ1v) is 6.47. The third kappa shape index (κ3) is 4.34. The van der Waals surface area contributed by atoms with Gasteiger partial charge in [0, 0.05) is 6.04 Å². The maximum atomic E-state index is 12.1. The van der Waals surface area contributed by atoms with Crippen molar-refractivity contribution in [3.63, 3.8) is 0 Å². The van der Waals surface area contributed by atoms with Gasteiger partial charge in [0.15, 0.2) is 0 Å². The number of amides is 1. The Hall–Kier alpha value is -1.89. The monoisotopic (exact) mass is 282 g/mol. The first-order valence-electron chi connectivity index (χ1n) is 6.47. The summed E-state index contributed by atoms with van der Waals surface area (Å²) in [6.07, 6.45) is 0. The summed E-state index contributed by atoms with van der Waals surface area (Å²) in [4.78, 5) is 25.1. The Morgan fingerprint density at radius 3 is 2.45 bits per heavy atom. The van der Waals surface area contributed by atoms with Crippen LogP contribution in [0.4, 0.5) is 5.69 Å². The molecule has 112 valence electrons. The van der Waals surface area contributed by atoms with E-state index in [1.807, 2.05) is 27.7 Å². The van der Waals surface area contributed by atoms with Gasteiger partial charge in [-0.3, -0.25) is 19.6 Å². The van der Waals surface area contributed by atoms with Crippen LogP contribution >= 0.6 is 0 Å². The van der Waals surface area contributed by atoms with Crippen molar-refractivity contribution in [2.45, 2.75) is 33.7 Å². The van der Waals surface area contributed by atoms with Gasteiger partial charge in [0.25, 0.3) is 0 Å². The van der Waals surface area contributed by atoms with Crippen molar-refractivity contribution < 1.29 is 14.3 Å². The van der Waals surface area contributed by atoms with E-state index in [-0.39, 0.29) is 31.0 Å². The number of nitrogens with one attached hydrogen (secondary N) is 2. The normalized spacial score (nSPS) is 10.9. The molecule has 1 rings (SSSR count). The predicted molar refractivity (Wildman–Crippen MR) is 75.4 cm³/mol. The SMILES string of the molecule is COC(=O)CN(CC(=O)Nc1c(C)n[nH]c1C)C(C)C. The van der Waals surface area contributed by atoms with Gasteiger partial charge in [-0.25, -0.2) is 0 Å². The molecule has 0 radical (unpaired) electrons. The van der Waals surface area contributed by atoms with E-state index in [2.05, 4.69) is 20.3 Å². The summed E-state index contributed by atoms with van der Waals surface area (Å²) in [5, 5.41) is 9.63. The molecule has 0 fully saturated rings. The van der Waals surface area contributed by atoms with Gasteiger partial charge >= 0.3 is 5.97 Å². The summed E-state index contributed by atoms with van der Waals surface area (Å²) in [5.41, 5.74) is 2.23. The minimum Gasteiger partial charge on any atom is -0.468 e. The zero-order chi connectivity index (χ0) is 15.3. The Balaban J connectivity index is 2.65. The van der Waals surface area contributed by atoms with Crippen LogP contribution in [0.15, 0.2) is 0 Å². The molecule has 7 nitrogen and oxygen atoms in total. The smallest absolute Gasteiger partial charge is 0.319 e. The highest BCUT2D eigenvalue weighted by molar-refractivity contribution is 5.93. The van der Waals surface area contributed by atoms with Crippen molar-refractivity contribution in [3.05, 3.63) is 11.4 Å². The van der Waals surface area contributed by atoms with E-state index in [9.17, 15) is 9.59 Å². The molecule has 1 aromatic rings. The lowest BCUT2D eigenvalue weighted by Gasteiger charge is -2.24. The summed E-state index contributed by atoms with van der Waals surface area (Å²) >= 11 is 0. The van der Waals surface area contributed by atoms with Gasteiger partial charge in [-0.2, -0.15) is 5.10 Å². The highest BCUT2D eigenvalue weighted by Gasteiger charge is 2.19. The summed E-state index contributed by atoms with van der Waals surface area (Å²) in [5.74, 6) is -0.544. The summed E-state index contributed by atoms with van der Waals surface area (Å²) in [6.45, 7) is 7.70. The minimum absolute atomic E-state index is 0.0615. The van der Waals surface area contributed by atoms with Gasteiger partial charge in [-0.1, -0.05) is 0 Å². The highest BCUT2D eigenvalue weighted by Crippen LogP contribution is 2.15. The van der Waals surface area contributed by atoms with Crippen LogP contribution in [0, 0.1) is 13.8 Å². The molecule has 0 aromatic carbocycles. The molecule has 1 amide bonds. The molecule has 0 saturated heterocycles. The van der Waals surface area contributed by atoms with Crippen LogP contribution in [-0.4, -0.2) is 53.2 Å². The van der Waals surface area contributed by atoms with Crippen LogP contribution in [0.5, 0.6) is 0 Å². The van der Waals surface area contributed by atoms with Crippen LogP contribution in [0.1, 0.15) is 25.2 Å². The van der Waals surface area contributed by atoms with Gasteiger partial charge < -0.3 is 10.1 Å².